The molecule has 9 aromatic rings. The predicted molar refractivity (Wildman–Crippen MR) is 430 cm³/mol. The standard InChI is InChI=1S/C28H27N3O8.C28H29N3O8.C20H24N2O4.C8H6ClNO4/c1-37-24-14-21-23(15-25(24)38-16-18-6-3-2-4-7-18)30(27(33)22-8-5-13-29(22)26(21)32)28(34)39-17-19-9-11-20(12-10-19)31(35)36;1-37-25-14-23(27(33)30-13-5-8-22(30)16-32)24(15-26(25)38-17-19-6-3-2-4-7-19)29-28(34)39-18-20-9-11-21(12-10-20)31(35)36;1-25-18-10-16(20(24)22-9-5-8-15(22)12-23)17(21)11-19(18)26-13-14-6-3-2-4-7-14;9-8(11)14-5-6-1-3-7(4-2-6)10(12)13/h2-4,6-7,9-12,14-15,22,27,33H,5,8,13,16-17H2,1H3;2-4,6-7,9-12,14-15,22,32H,5,8,13,16-18H2,1H3,(H,29,34);2-4,6-7,10-11,15,23H,5,8-9,12-13,21H2,1H3;1-4H,5H2/t22-,27?;22-;15-;/m000./s1. The number of carbonyl (C=O) groups excluding carboxylic acids is 6. The Kier molecular flexibility index (Phi) is 31.0. The van der Waals surface area contributed by atoms with Gasteiger partial charge in [-0.2, -0.15) is 0 Å². The van der Waals surface area contributed by atoms with Crippen molar-refractivity contribution in [1.29, 1.82) is 0 Å². The quantitative estimate of drug-likeness (QED) is 0.0110. The first-order valence-electron chi connectivity index (χ1n) is 37.2. The van der Waals surface area contributed by atoms with Crippen LogP contribution >= 0.6 is 11.6 Å². The number of carbonyl (C=O) groups is 6. The fourth-order valence-electron chi connectivity index (χ4n) is 13.3. The second-order valence-corrected chi connectivity index (χ2v) is 27.3. The van der Waals surface area contributed by atoms with Crippen LogP contribution in [0.2, 0.25) is 0 Å². The van der Waals surface area contributed by atoms with Gasteiger partial charge in [-0.15, -0.1) is 0 Å². The van der Waals surface area contributed by atoms with Gasteiger partial charge in [-0.05, 0) is 127 Å². The molecule has 4 heterocycles. The molecule has 3 fully saturated rings. The molecule has 118 heavy (non-hydrogen) atoms. The molecule has 0 bridgehead atoms. The number of benzene rings is 9. The molecule has 3 saturated heterocycles. The number of hydrogen-bond donors (Lipinski definition) is 5. The van der Waals surface area contributed by atoms with E-state index in [0.29, 0.717) is 102 Å². The maximum atomic E-state index is 13.5. The number of fused-ring (bicyclic) bond motifs is 2. The van der Waals surface area contributed by atoms with Crippen LogP contribution in [-0.2, 0) is 53.9 Å². The van der Waals surface area contributed by atoms with Crippen molar-refractivity contribution in [3.8, 4) is 34.5 Å². The van der Waals surface area contributed by atoms with Gasteiger partial charge in [0, 0.05) is 91.5 Å². The zero-order valence-corrected chi connectivity index (χ0v) is 65.1. The van der Waals surface area contributed by atoms with Gasteiger partial charge in [0.2, 0.25) is 0 Å². The number of hydrogen-bond acceptors (Lipinski definition) is 25. The summed E-state index contributed by atoms with van der Waals surface area (Å²) < 4.78 is 49.5. The lowest BCUT2D eigenvalue weighted by molar-refractivity contribution is -0.385. The number of ether oxygens (including phenoxy) is 9. The Morgan fingerprint density at radius 3 is 1.31 bits per heavy atom. The third-order valence-corrected chi connectivity index (χ3v) is 19.5. The minimum Gasteiger partial charge on any atom is -0.493 e. The van der Waals surface area contributed by atoms with E-state index in [4.69, 9.17) is 55.2 Å². The normalized spacial score (nSPS) is 15.6. The summed E-state index contributed by atoms with van der Waals surface area (Å²) in [5.41, 5.74) is 11.0. The van der Waals surface area contributed by atoms with Gasteiger partial charge in [-0.3, -0.25) is 50.0 Å². The van der Waals surface area contributed by atoms with Crippen LogP contribution in [0.1, 0.15) is 103 Å². The van der Waals surface area contributed by atoms with Gasteiger partial charge in [0.15, 0.2) is 40.7 Å². The van der Waals surface area contributed by atoms with E-state index in [-0.39, 0.29) is 121 Å². The molecular formula is C84H86ClN9O24. The van der Waals surface area contributed by atoms with E-state index in [1.807, 2.05) is 91.0 Å². The number of nitrogens with one attached hydrogen (secondary N) is 1. The Labute approximate surface area is 681 Å². The minimum absolute atomic E-state index is 0.00838. The van der Waals surface area contributed by atoms with Crippen LogP contribution in [0.15, 0.2) is 200 Å². The van der Waals surface area contributed by atoms with Crippen molar-refractivity contribution in [2.75, 3.05) is 70.1 Å². The molecular weight excluding hydrogens is 1550 g/mol. The number of non-ortho nitro benzene ring substituents is 3. The molecule has 1 unspecified atom stereocenters. The summed E-state index contributed by atoms with van der Waals surface area (Å²) in [5.74, 6) is 1.27. The van der Waals surface area contributed by atoms with Crippen molar-refractivity contribution < 1.29 is 101 Å². The molecule has 33 nitrogen and oxygen atoms in total. The number of aliphatic hydroxyl groups excluding tert-OH is 3. The van der Waals surface area contributed by atoms with Gasteiger partial charge in [0.1, 0.15) is 39.6 Å². The minimum atomic E-state index is -1.36. The summed E-state index contributed by atoms with van der Waals surface area (Å²) in [6.07, 6.45) is 1.25. The van der Waals surface area contributed by atoms with Gasteiger partial charge in [0.25, 0.3) is 34.8 Å². The lowest BCUT2D eigenvalue weighted by atomic mass is 10.1. The number of anilines is 3. The van der Waals surface area contributed by atoms with E-state index in [0.717, 1.165) is 40.9 Å². The average molecular weight is 1640 g/mol. The van der Waals surface area contributed by atoms with Crippen molar-refractivity contribution in [2.45, 2.75) is 103 Å². The fourth-order valence-corrected chi connectivity index (χ4v) is 13.3. The first-order valence-corrected chi connectivity index (χ1v) is 37.5. The molecule has 13 rings (SSSR count). The predicted octanol–water partition coefficient (Wildman–Crippen LogP) is 13.7. The largest absolute Gasteiger partial charge is 0.493 e. The monoisotopic (exact) mass is 1640 g/mol. The number of nitrogen functional groups attached to an aromatic ring is 1. The summed E-state index contributed by atoms with van der Waals surface area (Å²) in [6.45, 7) is 1.84. The molecule has 0 radical (unpaired) electrons. The fraction of sp³-hybridized carbons (Fsp3) is 0.286. The van der Waals surface area contributed by atoms with E-state index < -0.39 is 44.7 Å². The number of nitro benzene ring substituents is 3. The number of rotatable bonds is 26. The number of amides is 5. The summed E-state index contributed by atoms with van der Waals surface area (Å²) in [6, 6.07) is 53.8. The molecule has 0 aliphatic carbocycles. The molecule has 0 spiro atoms. The van der Waals surface area contributed by atoms with E-state index in [2.05, 4.69) is 10.1 Å². The lowest BCUT2D eigenvalue weighted by Gasteiger charge is -2.31. The first-order chi connectivity index (χ1) is 57.0. The molecule has 4 atom stereocenters. The van der Waals surface area contributed by atoms with Crippen molar-refractivity contribution in [3.63, 3.8) is 0 Å². The number of nitrogens with two attached hydrogens (primary N) is 1. The topological polar surface area (TPSA) is 427 Å². The van der Waals surface area contributed by atoms with Crippen LogP contribution in [-0.4, -0.2) is 159 Å². The highest BCUT2D eigenvalue weighted by atomic mass is 35.5. The zero-order chi connectivity index (χ0) is 84.4. The first kappa shape index (κ1) is 86.8. The summed E-state index contributed by atoms with van der Waals surface area (Å²) in [4.78, 5) is 113. The Morgan fingerprint density at radius 1 is 0.483 bits per heavy atom. The summed E-state index contributed by atoms with van der Waals surface area (Å²) in [5, 5.41) is 65.2. The molecule has 6 N–H and O–H groups in total. The molecule has 34 heteroatoms. The van der Waals surface area contributed by atoms with Crippen molar-refractivity contribution in [1.82, 2.24) is 14.7 Å². The van der Waals surface area contributed by atoms with Gasteiger partial charge < -0.3 is 78.4 Å². The molecule has 5 amide bonds. The summed E-state index contributed by atoms with van der Waals surface area (Å²) in [7, 11) is 4.44. The van der Waals surface area contributed by atoms with Crippen LogP contribution in [0.3, 0.4) is 0 Å². The second-order valence-electron chi connectivity index (χ2n) is 27.0. The van der Waals surface area contributed by atoms with Crippen LogP contribution in [0.5, 0.6) is 34.5 Å². The Bertz CT molecular complexity index is 4980. The lowest BCUT2D eigenvalue weighted by Crippen LogP contribution is -2.50. The molecule has 4 aliphatic rings. The maximum Gasteiger partial charge on any atom is 0.416 e. The number of halogens is 1. The van der Waals surface area contributed by atoms with E-state index in [1.54, 1.807) is 26.8 Å². The van der Waals surface area contributed by atoms with Crippen LogP contribution in [0.25, 0.3) is 0 Å². The Hall–Kier alpha value is -13.6. The van der Waals surface area contributed by atoms with Gasteiger partial charge in [0.05, 0.1) is 95.5 Å². The van der Waals surface area contributed by atoms with Crippen molar-refractivity contribution in [2.24, 2.45) is 0 Å². The maximum absolute atomic E-state index is 13.5. The molecule has 618 valence electrons. The van der Waals surface area contributed by atoms with Crippen LogP contribution in [0, 0.1) is 30.3 Å². The molecule has 0 aromatic heterocycles. The van der Waals surface area contributed by atoms with Gasteiger partial charge >= 0.3 is 17.6 Å². The number of aliphatic hydroxyl groups is 3. The van der Waals surface area contributed by atoms with Crippen molar-refractivity contribution >= 4 is 81.1 Å². The number of methoxy groups -OCH3 is 3. The highest BCUT2D eigenvalue weighted by molar-refractivity contribution is 6.61. The third kappa shape index (κ3) is 22.9. The smallest absolute Gasteiger partial charge is 0.416 e. The molecule has 9 aromatic carbocycles. The van der Waals surface area contributed by atoms with E-state index in [1.165, 1.54) is 118 Å². The Balaban J connectivity index is 0.000000175. The average Bonchev–Trinajstić information content (AvgIpc) is 1.59. The highest BCUT2D eigenvalue weighted by Crippen LogP contribution is 2.43. The van der Waals surface area contributed by atoms with Crippen molar-refractivity contribution in [3.05, 3.63) is 281 Å². The summed E-state index contributed by atoms with van der Waals surface area (Å²) >= 11 is 4.94. The third-order valence-electron chi connectivity index (χ3n) is 19.4. The number of nitro groups is 3. The number of nitrogens with zero attached hydrogens (tertiary/aromatic N) is 7. The van der Waals surface area contributed by atoms with Gasteiger partial charge in [-0.25, -0.2) is 19.3 Å². The van der Waals surface area contributed by atoms with Crippen LogP contribution in [0.4, 0.5) is 48.5 Å². The zero-order valence-electron chi connectivity index (χ0n) is 64.4. The molecule has 4 aliphatic heterocycles. The van der Waals surface area contributed by atoms with E-state index in [9.17, 15) is 74.4 Å². The van der Waals surface area contributed by atoms with Gasteiger partial charge in [-0.1, -0.05) is 91.0 Å². The van der Waals surface area contributed by atoms with E-state index >= 15 is 0 Å². The number of likely N-dealkylation sites (tertiary alicyclic amines) is 2. The SMILES string of the molecule is COc1cc(C(=O)N2CCC[C@H]2CO)c(N)cc1OCc1ccccc1.COc1cc(C(=O)N2CCC[C@H]2CO)c(NC(=O)OCc2ccc([N+](=O)[O-])cc2)cc1OCc1ccccc1.COc1cc2c(cc1OCc1ccccc1)N(C(=O)OCc1ccc([N+](=O)[O-])cc1)C(O)[C@@H]1CCCN1C2=O.O=C(Cl)OCc1ccc([N+](=O)[O-])cc1. The highest BCUT2D eigenvalue weighted by Gasteiger charge is 2.46. The second kappa shape index (κ2) is 42.1. The molecule has 0 saturated carbocycles. The Morgan fingerprint density at radius 2 is 0.873 bits per heavy atom. The van der Waals surface area contributed by atoms with Crippen LogP contribution < -0.4 is 44.4 Å².